The number of methoxy groups -OCH3 is 1. The summed E-state index contributed by atoms with van der Waals surface area (Å²) < 4.78 is 9.89. The van der Waals surface area contributed by atoms with Gasteiger partial charge in [0.2, 0.25) is 5.41 Å². The molecule has 0 saturated heterocycles. The van der Waals surface area contributed by atoms with Crippen molar-refractivity contribution < 1.29 is 24.2 Å². The van der Waals surface area contributed by atoms with Gasteiger partial charge in [-0.15, -0.1) is 0 Å². The van der Waals surface area contributed by atoms with Gasteiger partial charge in [0.25, 0.3) is 0 Å². The van der Waals surface area contributed by atoms with E-state index in [0.29, 0.717) is 11.1 Å². The molecule has 5 nitrogen and oxygen atoms in total. The zero-order chi connectivity index (χ0) is 14.5. The largest absolute Gasteiger partial charge is 0.480 e. The minimum absolute atomic E-state index is 0.115. The molecule has 19 heavy (non-hydrogen) atoms. The number of carboxylic acids is 1. The minimum atomic E-state index is -1.82. The van der Waals surface area contributed by atoms with Gasteiger partial charge in [0.15, 0.2) is 0 Å². The molecule has 1 aromatic carbocycles. The SMILES string of the molecule is CCOC(=O)C(COC)(C(=O)O)c1ccccc1C. The first-order valence-corrected chi connectivity index (χ1v) is 5.96. The summed E-state index contributed by atoms with van der Waals surface area (Å²) in [5.74, 6) is -2.08. The van der Waals surface area contributed by atoms with Crippen LogP contribution >= 0.6 is 0 Å². The number of aryl methyl sites for hydroxylation is 1. The van der Waals surface area contributed by atoms with Crippen LogP contribution in [0.3, 0.4) is 0 Å². The topological polar surface area (TPSA) is 72.8 Å². The van der Waals surface area contributed by atoms with Crippen LogP contribution in [0.1, 0.15) is 18.1 Å². The Morgan fingerprint density at radius 1 is 1.32 bits per heavy atom. The average molecular weight is 266 g/mol. The molecule has 0 spiro atoms. The fourth-order valence-electron chi connectivity index (χ4n) is 2.03. The molecule has 1 atom stereocenters. The number of benzene rings is 1. The maximum atomic E-state index is 12.2. The molecule has 0 aliphatic carbocycles. The van der Waals surface area contributed by atoms with Gasteiger partial charge in [0, 0.05) is 7.11 Å². The van der Waals surface area contributed by atoms with Crippen LogP contribution in [0, 0.1) is 6.92 Å². The summed E-state index contributed by atoms with van der Waals surface area (Å²) >= 11 is 0. The number of hydrogen-bond acceptors (Lipinski definition) is 4. The lowest BCUT2D eigenvalue weighted by Crippen LogP contribution is -2.49. The number of carbonyl (C=O) groups is 2. The van der Waals surface area contributed by atoms with Crippen molar-refractivity contribution in [2.24, 2.45) is 0 Å². The number of rotatable bonds is 6. The fourth-order valence-corrected chi connectivity index (χ4v) is 2.03. The zero-order valence-corrected chi connectivity index (χ0v) is 11.3. The lowest BCUT2D eigenvalue weighted by molar-refractivity contribution is -0.164. The molecule has 0 fully saturated rings. The third-order valence-electron chi connectivity index (χ3n) is 2.95. The molecule has 5 heteroatoms. The Bertz CT molecular complexity index is 469. The van der Waals surface area contributed by atoms with Crippen molar-refractivity contribution in [1.29, 1.82) is 0 Å². The zero-order valence-electron chi connectivity index (χ0n) is 11.3. The van der Waals surface area contributed by atoms with Crippen LogP contribution in [-0.4, -0.2) is 37.4 Å². The standard InChI is InChI=1S/C14H18O5/c1-4-19-13(17)14(9-18-3,12(15)16)11-8-6-5-7-10(11)2/h5-8H,4,9H2,1-3H3,(H,15,16). The Balaban J connectivity index is 3.44. The molecule has 0 amide bonds. The van der Waals surface area contributed by atoms with Crippen LogP contribution in [0.25, 0.3) is 0 Å². The molecule has 0 bridgehead atoms. The van der Waals surface area contributed by atoms with Crippen LogP contribution < -0.4 is 0 Å². The van der Waals surface area contributed by atoms with Gasteiger partial charge in [-0.05, 0) is 25.0 Å². The van der Waals surface area contributed by atoms with Gasteiger partial charge < -0.3 is 14.6 Å². The number of ether oxygens (including phenoxy) is 2. The molecule has 0 radical (unpaired) electrons. The smallest absolute Gasteiger partial charge is 0.330 e. The quantitative estimate of drug-likeness (QED) is 0.624. The summed E-state index contributed by atoms with van der Waals surface area (Å²) in [5.41, 5.74) is -0.728. The van der Waals surface area contributed by atoms with E-state index in [1.165, 1.54) is 7.11 Å². The molecular formula is C14H18O5. The number of esters is 1. The monoisotopic (exact) mass is 266 g/mol. The third kappa shape index (κ3) is 2.76. The Labute approximate surface area is 112 Å². The van der Waals surface area contributed by atoms with E-state index in [-0.39, 0.29) is 13.2 Å². The second-order valence-corrected chi connectivity index (χ2v) is 4.18. The van der Waals surface area contributed by atoms with E-state index in [2.05, 4.69) is 0 Å². The fraction of sp³-hybridized carbons (Fsp3) is 0.429. The minimum Gasteiger partial charge on any atom is -0.480 e. The van der Waals surface area contributed by atoms with E-state index in [0.717, 1.165) is 0 Å². The van der Waals surface area contributed by atoms with Crippen molar-refractivity contribution in [2.75, 3.05) is 20.3 Å². The molecule has 0 aliphatic rings. The van der Waals surface area contributed by atoms with Crippen LogP contribution in [0.5, 0.6) is 0 Å². The van der Waals surface area contributed by atoms with E-state index < -0.39 is 17.4 Å². The summed E-state index contributed by atoms with van der Waals surface area (Å²) in [7, 11) is 1.36. The molecule has 0 aliphatic heterocycles. The summed E-state index contributed by atoms with van der Waals surface area (Å²) in [6.45, 7) is 3.23. The first-order chi connectivity index (χ1) is 9.00. The number of carboxylic acid groups (broad SMARTS) is 1. The molecule has 104 valence electrons. The highest BCUT2D eigenvalue weighted by Crippen LogP contribution is 2.29. The Morgan fingerprint density at radius 2 is 1.95 bits per heavy atom. The predicted octanol–water partition coefficient (Wildman–Crippen LogP) is 1.53. The Morgan fingerprint density at radius 3 is 2.42 bits per heavy atom. The summed E-state index contributed by atoms with van der Waals surface area (Å²) in [5, 5.41) is 9.55. The highest BCUT2D eigenvalue weighted by Gasteiger charge is 2.50. The maximum Gasteiger partial charge on any atom is 0.330 e. The van der Waals surface area contributed by atoms with E-state index in [1.807, 2.05) is 0 Å². The van der Waals surface area contributed by atoms with Crippen molar-refractivity contribution >= 4 is 11.9 Å². The van der Waals surface area contributed by atoms with Gasteiger partial charge in [-0.3, -0.25) is 9.59 Å². The molecule has 0 aromatic heterocycles. The molecule has 1 unspecified atom stereocenters. The van der Waals surface area contributed by atoms with Crippen molar-refractivity contribution in [3.05, 3.63) is 35.4 Å². The van der Waals surface area contributed by atoms with E-state index in [4.69, 9.17) is 9.47 Å². The molecule has 0 saturated carbocycles. The molecular weight excluding hydrogens is 248 g/mol. The highest BCUT2D eigenvalue weighted by molar-refractivity contribution is 6.06. The van der Waals surface area contributed by atoms with Crippen molar-refractivity contribution in [3.63, 3.8) is 0 Å². The van der Waals surface area contributed by atoms with Gasteiger partial charge >= 0.3 is 11.9 Å². The Kier molecular flexibility index (Phi) is 5.06. The molecule has 1 N–H and O–H groups in total. The molecule has 0 heterocycles. The number of carbonyl (C=O) groups excluding carboxylic acids is 1. The summed E-state index contributed by atoms with van der Waals surface area (Å²) in [6, 6.07) is 6.83. The van der Waals surface area contributed by atoms with Crippen LogP contribution in [0.2, 0.25) is 0 Å². The van der Waals surface area contributed by atoms with Crippen molar-refractivity contribution in [1.82, 2.24) is 0 Å². The Hall–Kier alpha value is -1.88. The molecule has 1 rings (SSSR count). The summed E-state index contributed by atoms with van der Waals surface area (Å²) in [4.78, 5) is 23.9. The lowest BCUT2D eigenvalue weighted by atomic mass is 9.79. The van der Waals surface area contributed by atoms with Gasteiger partial charge in [-0.2, -0.15) is 0 Å². The number of aliphatic carboxylic acids is 1. The van der Waals surface area contributed by atoms with Gasteiger partial charge in [-0.25, -0.2) is 0 Å². The normalized spacial score (nSPS) is 13.6. The van der Waals surface area contributed by atoms with Crippen LogP contribution in [0.15, 0.2) is 24.3 Å². The maximum absolute atomic E-state index is 12.2. The van der Waals surface area contributed by atoms with Gasteiger partial charge in [0.1, 0.15) is 0 Å². The van der Waals surface area contributed by atoms with Gasteiger partial charge in [0.05, 0.1) is 13.2 Å². The van der Waals surface area contributed by atoms with Crippen LogP contribution in [0.4, 0.5) is 0 Å². The first kappa shape index (κ1) is 15.2. The second kappa shape index (κ2) is 6.33. The average Bonchev–Trinajstić information content (AvgIpc) is 2.36. The van der Waals surface area contributed by atoms with Gasteiger partial charge in [-0.1, -0.05) is 24.3 Å². The second-order valence-electron chi connectivity index (χ2n) is 4.18. The first-order valence-electron chi connectivity index (χ1n) is 5.96. The lowest BCUT2D eigenvalue weighted by Gasteiger charge is -2.28. The predicted molar refractivity (Wildman–Crippen MR) is 69.0 cm³/mol. The van der Waals surface area contributed by atoms with Crippen molar-refractivity contribution in [2.45, 2.75) is 19.3 Å². The summed E-state index contributed by atoms with van der Waals surface area (Å²) in [6.07, 6.45) is 0. The molecule has 1 aromatic rings. The van der Waals surface area contributed by atoms with E-state index in [9.17, 15) is 14.7 Å². The van der Waals surface area contributed by atoms with E-state index >= 15 is 0 Å². The van der Waals surface area contributed by atoms with E-state index in [1.54, 1.807) is 38.1 Å². The van der Waals surface area contributed by atoms with Crippen molar-refractivity contribution in [3.8, 4) is 0 Å². The third-order valence-corrected chi connectivity index (χ3v) is 2.95. The highest BCUT2D eigenvalue weighted by atomic mass is 16.5. The van der Waals surface area contributed by atoms with Crippen LogP contribution in [-0.2, 0) is 24.5 Å². The number of hydrogen-bond donors (Lipinski definition) is 1.